The number of nitrogens with zero attached hydrogens (tertiary/aromatic N) is 1. The number of hydrogen-bond acceptors (Lipinski definition) is 7. The topological polar surface area (TPSA) is 92.7 Å². The molecule has 0 bridgehead atoms. The van der Waals surface area contributed by atoms with Crippen molar-refractivity contribution in [3.8, 4) is 11.1 Å². The number of thioether (sulfide) groups is 1. The highest BCUT2D eigenvalue weighted by Gasteiger charge is 2.38. The first-order valence-corrected chi connectivity index (χ1v) is 17.0. The van der Waals surface area contributed by atoms with Gasteiger partial charge in [-0.2, -0.15) is 0 Å². The van der Waals surface area contributed by atoms with E-state index in [1.54, 1.807) is 23.1 Å². The number of aliphatic hydroxyl groups is 1. The number of nitrogens with one attached hydrogen (secondary N) is 2. The summed E-state index contributed by atoms with van der Waals surface area (Å²) in [6.07, 6.45) is -0.840. The third-order valence-corrected chi connectivity index (χ3v) is 10.2. The number of urea groups is 1. The first-order valence-electron chi connectivity index (χ1n) is 15.2. The lowest BCUT2D eigenvalue weighted by atomic mass is 9.91. The van der Waals surface area contributed by atoms with Gasteiger partial charge in [0.25, 0.3) is 0 Å². The molecule has 4 atom stereocenters. The van der Waals surface area contributed by atoms with Crippen LogP contribution in [0, 0.1) is 5.92 Å². The lowest BCUT2D eigenvalue weighted by Gasteiger charge is -2.41. The van der Waals surface area contributed by atoms with Crippen LogP contribution in [0.3, 0.4) is 0 Å². The molecule has 1 aromatic heterocycles. The van der Waals surface area contributed by atoms with E-state index in [0.717, 1.165) is 49.0 Å². The van der Waals surface area contributed by atoms with Crippen LogP contribution in [0.1, 0.15) is 48.5 Å². The second-order valence-corrected chi connectivity index (χ2v) is 13.4. The molecule has 0 aliphatic carbocycles. The number of carbonyl (C=O) groups excluding carboxylic acids is 1. The van der Waals surface area contributed by atoms with Crippen molar-refractivity contribution in [3.63, 3.8) is 0 Å². The summed E-state index contributed by atoms with van der Waals surface area (Å²) in [5, 5.41) is 15.3. The van der Waals surface area contributed by atoms with Crippen LogP contribution in [0.5, 0.6) is 0 Å². The van der Waals surface area contributed by atoms with Crippen molar-refractivity contribution < 1.29 is 19.4 Å². The molecule has 7 nitrogen and oxygen atoms in total. The van der Waals surface area contributed by atoms with E-state index in [2.05, 4.69) is 47.9 Å². The minimum atomic E-state index is -0.563. The molecular weight excluding hydrogens is 603 g/mol. The number of rotatable bonds is 10. The monoisotopic (exact) mass is 639 g/mol. The third-order valence-electron chi connectivity index (χ3n) is 7.98. The standard InChI is InChI=1S/C36H37N3O4S2/c1-3-37-35(41)38-20-25-8-6-9-27(18-25)28-10-7-11-29(19-28)34-42-31(22-44-36-39-30-12-4-5-13-32(30)45-36)23(2)33(43-34)26-16-14-24(21-40)15-17-26/h4-19,23,31,33-34,40H,3,20-22H2,1-2H3,(H2,37,38,41)/t23-,31+,33+,34+/m0/s1. The fourth-order valence-corrected chi connectivity index (χ4v) is 7.77. The van der Waals surface area contributed by atoms with Gasteiger partial charge < -0.3 is 25.2 Å². The van der Waals surface area contributed by atoms with Gasteiger partial charge in [0.05, 0.1) is 29.0 Å². The number of carbonyl (C=O) groups is 1. The molecule has 3 N–H and O–H groups in total. The minimum Gasteiger partial charge on any atom is -0.392 e. The van der Waals surface area contributed by atoms with Crippen LogP contribution in [0.15, 0.2) is 101 Å². The van der Waals surface area contributed by atoms with E-state index in [9.17, 15) is 9.90 Å². The third kappa shape index (κ3) is 7.57. The van der Waals surface area contributed by atoms with Gasteiger partial charge in [-0.1, -0.05) is 91.5 Å². The Labute approximate surface area is 272 Å². The molecule has 0 unspecified atom stereocenters. The maximum atomic E-state index is 11.9. The van der Waals surface area contributed by atoms with Crippen molar-refractivity contribution >= 4 is 39.3 Å². The number of hydrogen-bond donors (Lipinski definition) is 3. The van der Waals surface area contributed by atoms with Gasteiger partial charge in [-0.15, -0.1) is 11.3 Å². The highest BCUT2D eigenvalue weighted by atomic mass is 32.2. The molecule has 0 radical (unpaired) electrons. The quantitative estimate of drug-likeness (QED) is 0.135. The Kier molecular flexibility index (Phi) is 10.1. The maximum absolute atomic E-state index is 11.9. The summed E-state index contributed by atoms with van der Waals surface area (Å²) in [6, 6.07) is 32.5. The van der Waals surface area contributed by atoms with Crippen LogP contribution < -0.4 is 10.6 Å². The summed E-state index contributed by atoms with van der Waals surface area (Å²) in [4.78, 5) is 16.7. The Hall–Kier alpha value is -3.73. The Morgan fingerprint density at radius 3 is 2.44 bits per heavy atom. The van der Waals surface area contributed by atoms with Crippen molar-refractivity contribution in [1.29, 1.82) is 0 Å². The average molecular weight is 640 g/mol. The molecule has 0 spiro atoms. The van der Waals surface area contributed by atoms with E-state index in [1.807, 2.05) is 73.7 Å². The number of aliphatic hydroxyl groups excluding tert-OH is 1. The van der Waals surface area contributed by atoms with Crippen LogP contribution in [0.2, 0.25) is 0 Å². The van der Waals surface area contributed by atoms with Gasteiger partial charge in [-0.05, 0) is 59.0 Å². The molecule has 232 valence electrons. The minimum absolute atomic E-state index is 0.00448. The number of aromatic nitrogens is 1. The number of para-hydroxylation sites is 1. The highest BCUT2D eigenvalue weighted by Crippen LogP contribution is 2.44. The Balaban J connectivity index is 1.24. The van der Waals surface area contributed by atoms with Crippen LogP contribution >= 0.6 is 23.1 Å². The average Bonchev–Trinajstić information content (AvgIpc) is 3.50. The van der Waals surface area contributed by atoms with Crippen LogP contribution in [0.25, 0.3) is 21.3 Å². The number of ether oxygens (including phenoxy) is 2. The maximum Gasteiger partial charge on any atom is 0.315 e. The number of benzene rings is 4. The van der Waals surface area contributed by atoms with E-state index in [-0.39, 0.29) is 30.8 Å². The van der Waals surface area contributed by atoms with Gasteiger partial charge >= 0.3 is 6.03 Å². The lowest BCUT2D eigenvalue weighted by molar-refractivity contribution is -0.268. The molecular formula is C36H37N3O4S2. The smallest absolute Gasteiger partial charge is 0.315 e. The summed E-state index contributed by atoms with van der Waals surface area (Å²) in [5.74, 6) is 0.826. The van der Waals surface area contributed by atoms with Crippen molar-refractivity contribution in [2.24, 2.45) is 5.92 Å². The first-order chi connectivity index (χ1) is 22.0. The second-order valence-electron chi connectivity index (χ2n) is 11.1. The molecule has 4 aromatic carbocycles. The summed E-state index contributed by atoms with van der Waals surface area (Å²) in [7, 11) is 0. The Bertz CT molecular complexity index is 1710. The van der Waals surface area contributed by atoms with E-state index < -0.39 is 6.29 Å². The molecule has 5 aromatic rings. The van der Waals surface area contributed by atoms with Gasteiger partial charge in [0.15, 0.2) is 10.6 Å². The summed E-state index contributed by atoms with van der Waals surface area (Å²) in [6.45, 7) is 5.11. The molecule has 6 rings (SSSR count). The highest BCUT2D eigenvalue weighted by molar-refractivity contribution is 8.01. The van der Waals surface area contributed by atoms with Crippen LogP contribution in [-0.4, -0.2) is 34.5 Å². The van der Waals surface area contributed by atoms with E-state index in [1.165, 1.54) is 4.70 Å². The second kappa shape index (κ2) is 14.6. The number of amides is 2. The zero-order valence-corrected chi connectivity index (χ0v) is 26.9. The Morgan fingerprint density at radius 1 is 0.889 bits per heavy atom. The largest absolute Gasteiger partial charge is 0.392 e. The number of fused-ring (bicyclic) bond motifs is 1. The van der Waals surface area contributed by atoms with E-state index >= 15 is 0 Å². The lowest BCUT2D eigenvalue weighted by Crippen LogP contribution is -2.38. The predicted molar refractivity (Wildman–Crippen MR) is 181 cm³/mol. The molecule has 9 heteroatoms. The molecule has 1 aliphatic rings. The molecule has 1 aliphatic heterocycles. The van der Waals surface area contributed by atoms with Crippen molar-refractivity contribution in [1.82, 2.24) is 15.6 Å². The fraction of sp³-hybridized carbons (Fsp3) is 0.278. The molecule has 2 heterocycles. The molecule has 1 saturated heterocycles. The zero-order valence-electron chi connectivity index (χ0n) is 25.3. The molecule has 0 saturated carbocycles. The van der Waals surface area contributed by atoms with Crippen LogP contribution in [-0.2, 0) is 22.6 Å². The molecule has 1 fully saturated rings. The summed E-state index contributed by atoms with van der Waals surface area (Å²) in [5.41, 5.74) is 7.00. The summed E-state index contributed by atoms with van der Waals surface area (Å²) >= 11 is 3.44. The van der Waals surface area contributed by atoms with Gasteiger partial charge in [-0.3, -0.25) is 0 Å². The normalized spacial score (nSPS) is 19.8. The predicted octanol–water partition coefficient (Wildman–Crippen LogP) is 7.86. The summed E-state index contributed by atoms with van der Waals surface area (Å²) < 4.78 is 15.6. The van der Waals surface area contributed by atoms with E-state index in [4.69, 9.17) is 14.5 Å². The van der Waals surface area contributed by atoms with Crippen molar-refractivity contribution in [2.45, 2.75) is 49.8 Å². The molecule has 45 heavy (non-hydrogen) atoms. The first kappa shape index (κ1) is 31.3. The van der Waals surface area contributed by atoms with E-state index in [0.29, 0.717) is 13.1 Å². The molecule has 2 amide bonds. The fourth-order valence-electron chi connectivity index (χ4n) is 5.51. The van der Waals surface area contributed by atoms with Crippen molar-refractivity contribution in [2.75, 3.05) is 12.3 Å². The number of thiazole rings is 1. The van der Waals surface area contributed by atoms with Crippen molar-refractivity contribution in [3.05, 3.63) is 119 Å². The van der Waals surface area contributed by atoms with Crippen LogP contribution in [0.4, 0.5) is 4.79 Å². The van der Waals surface area contributed by atoms with Gasteiger partial charge in [0.2, 0.25) is 0 Å². The van der Waals surface area contributed by atoms with Gasteiger partial charge in [0.1, 0.15) is 0 Å². The van der Waals surface area contributed by atoms with Gasteiger partial charge in [-0.25, -0.2) is 9.78 Å². The van der Waals surface area contributed by atoms with Gasteiger partial charge in [0, 0.05) is 30.3 Å². The zero-order chi connectivity index (χ0) is 31.2. The Morgan fingerprint density at radius 2 is 1.67 bits per heavy atom. The SMILES string of the molecule is CCNC(=O)NCc1cccc(-c2cccc([C@@H]3O[C@H](CSc4nc5ccccc5s4)[C@H](C)[C@H](c4ccc(CO)cc4)O3)c2)c1.